The average molecular weight is 276 g/mol. The average Bonchev–Trinajstić information content (AvgIpc) is 2.95. The third-order valence-electron chi connectivity index (χ3n) is 4.25. The predicted octanol–water partition coefficient (Wildman–Crippen LogP) is 0.498. The molecule has 4 rings (SSSR count). The summed E-state index contributed by atoms with van der Waals surface area (Å²) in [5.74, 6) is 1.02. The van der Waals surface area contributed by atoms with Crippen molar-refractivity contribution >= 4 is 0 Å². The minimum Gasteiger partial charge on any atom is -0.370 e. The molecule has 0 amide bonds. The van der Waals surface area contributed by atoms with Gasteiger partial charge in [-0.2, -0.15) is 4.98 Å². The number of rotatable bonds is 4. The van der Waals surface area contributed by atoms with Gasteiger partial charge in [-0.05, 0) is 19.3 Å². The van der Waals surface area contributed by atoms with E-state index >= 15 is 0 Å². The van der Waals surface area contributed by atoms with E-state index in [-0.39, 0.29) is 5.60 Å². The summed E-state index contributed by atoms with van der Waals surface area (Å²) in [5.41, 5.74) is 0.247. The molecule has 0 aromatic carbocycles. The van der Waals surface area contributed by atoms with Crippen LogP contribution >= 0.6 is 0 Å². The summed E-state index contributed by atoms with van der Waals surface area (Å²) in [6.07, 6.45) is 4.84. The lowest BCUT2D eigenvalue weighted by atomic mass is 9.79. The minimum absolute atomic E-state index is 0.365. The van der Waals surface area contributed by atoms with E-state index in [0.29, 0.717) is 23.5 Å². The van der Waals surface area contributed by atoms with Crippen molar-refractivity contribution in [2.24, 2.45) is 0 Å². The minimum atomic E-state index is -0.365. The van der Waals surface area contributed by atoms with E-state index in [4.69, 9.17) is 9.26 Å². The van der Waals surface area contributed by atoms with Crippen LogP contribution in [0, 0.1) is 0 Å². The first-order valence-electron chi connectivity index (χ1n) is 6.83. The van der Waals surface area contributed by atoms with Gasteiger partial charge >= 0.3 is 0 Å². The maximum Gasteiger partial charge on any atom is 0.280 e. The Kier molecular flexibility index (Phi) is 2.61. The normalized spacial score (nSPS) is 21.4. The number of nitrogens with one attached hydrogen (secondary N) is 1. The number of aromatic nitrogens is 5. The number of nitrogens with zero attached hydrogens (tertiary/aromatic N) is 5. The van der Waals surface area contributed by atoms with Gasteiger partial charge in [0.1, 0.15) is 5.60 Å². The molecule has 2 aliphatic rings. The summed E-state index contributed by atoms with van der Waals surface area (Å²) in [6, 6.07) is 0.371. The van der Waals surface area contributed by atoms with Crippen LogP contribution in [-0.2, 0) is 10.3 Å². The largest absolute Gasteiger partial charge is 0.370 e. The highest BCUT2D eigenvalue weighted by Gasteiger charge is 2.43. The molecule has 1 aliphatic heterocycles. The summed E-state index contributed by atoms with van der Waals surface area (Å²) >= 11 is 0. The van der Waals surface area contributed by atoms with E-state index < -0.39 is 0 Å². The molecule has 2 fully saturated rings. The van der Waals surface area contributed by atoms with Crippen molar-refractivity contribution in [1.29, 1.82) is 0 Å². The number of hydrogen-bond donors (Lipinski definition) is 1. The number of hydrogen-bond acceptors (Lipinski definition) is 7. The number of methoxy groups -OCH3 is 1. The second-order valence-corrected chi connectivity index (χ2v) is 5.37. The van der Waals surface area contributed by atoms with Crippen LogP contribution in [0.3, 0.4) is 0 Å². The van der Waals surface area contributed by atoms with Crippen molar-refractivity contribution in [3.63, 3.8) is 0 Å². The van der Waals surface area contributed by atoms with Crippen LogP contribution < -0.4 is 5.32 Å². The zero-order valence-corrected chi connectivity index (χ0v) is 11.2. The Morgan fingerprint density at radius 2 is 2.30 bits per heavy atom. The quantitative estimate of drug-likeness (QED) is 0.869. The zero-order valence-electron chi connectivity index (χ0n) is 11.2. The summed E-state index contributed by atoms with van der Waals surface area (Å²) in [4.78, 5) is 4.43. The molecule has 0 unspecified atom stereocenters. The molecular formula is C12H16N6O2. The molecule has 0 spiro atoms. The Bertz CT molecular complexity index is 607. The van der Waals surface area contributed by atoms with Gasteiger partial charge in [-0.25, -0.2) is 4.68 Å². The Morgan fingerprint density at radius 1 is 1.45 bits per heavy atom. The van der Waals surface area contributed by atoms with Crippen molar-refractivity contribution in [3.05, 3.63) is 12.0 Å². The van der Waals surface area contributed by atoms with Crippen LogP contribution in [0.5, 0.6) is 0 Å². The summed E-state index contributed by atoms with van der Waals surface area (Å²) in [6.45, 7) is 1.84. The summed E-state index contributed by atoms with van der Waals surface area (Å²) in [5, 5.41) is 15.5. The highest BCUT2D eigenvalue weighted by atomic mass is 16.5. The maximum absolute atomic E-state index is 5.54. The lowest BCUT2D eigenvalue weighted by molar-refractivity contribution is -0.0858. The third-order valence-corrected chi connectivity index (χ3v) is 4.25. The summed E-state index contributed by atoms with van der Waals surface area (Å²) in [7, 11) is 1.69. The monoisotopic (exact) mass is 276 g/mol. The van der Waals surface area contributed by atoms with Crippen LogP contribution in [0.2, 0.25) is 0 Å². The second kappa shape index (κ2) is 4.35. The summed E-state index contributed by atoms with van der Waals surface area (Å²) < 4.78 is 12.7. The standard InChI is InChI=1S/C12H16N6O2/c1-19-12(3-2-4-12)11-14-10(20-16-11)9-7-18(17-15-9)8-5-13-6-8/h7-8,13H,2-6H2,1H3. The predicted molar refractivity (Wildman–Crippen MR) is 67.8 cm³/mol. The molecule has 1 N–H and O–H groups in total. The van der Waals surface area contributed by atoms with Crippen molar-refractivity contribution in [2.75, 3.05) is 20.2 Å². The maximum atomic E-state index is 5.54. The van der Waals surface area contributed by atoms with E-state index in [1.165, 1.54) is 0 Å². The Labute approximate surface area is 115 Å². The molecule has 1 aliphatic carbocycles. The molecule has 106 valence electrons. The van der Waals surface area contributed by atoms with E-state index in [1.807, 2.05) is 10.9 Å². The first-order chi connectivity index (χ1) is 9.81. The van der Waals surface area contributed by atoms with Crippen LogP contribution in [0.1, 0.15) is 31.1 Å². The molecule has 1 saturated carbocycles. The molecular weight excluding hydrogens is 260 g/mol. The topological polar surface area (TPSA) is 90.9 Å². The lowest BCUT2D eigenvalue weighted by Crippen LogP contribution is -2.43. The molecule has 0 bridgehead atoms. The van der Waals surface area contributed by atoms with Crippen molar-refractivity contribution < 1.29 is 9.26 Å². The molecule has 2 aromatic heterocycles. The second-order valence-electron chi connectivity index (χ2n) is 5.37. The molecule has 0 atom stereocenters. The molecule has 0 radical (unpaired) electrons. The first-order valence-corrected chi connectivity index (χ1v) is 6.83. The van der Waals surface area contributed by atoms with E-state index in [2.05, 4.69) is 25.8 Å². The fourth-order valence-electron chi connectivity index (χ4n) is 2.54. The SMILES string of the molecule is COC1(c2noc(-c3cn(C4CNC4)nn3)n2)CCC1. The van der Waals surface area contributed by atoms with Gasteiger partial charge in [0.15, 0.2) is 5.69 Å². The van der Waals surface area contributed by atoms with Gasteiger partial charge in [0.25, 0.3) is 5.89 Å². The van der Waals surface area contributed by atoms with E-state index in [0.717, 1.165) is 32.4 Å². The van der Waals surface area contributed by atoms with Gasteiger partial charge in [0.05, 0.1) is 12.2 Å². The fraction of sp³-hybridized carbons (Fsp3) is 0.667. The van der Waals surface area contributed by atoms with E-state index in [1.54, 1.807) is 7.11 Å². The van der Waals surface area contributed by atoms with Crippen LogP contribution in [0.4, 0.5) is 0 Å². The third kappa shape index (κ3) is 1.68. The lowest BCUT2D eigenvalue weighted by Gasteiger charge is -2.37. The molecule has 8 heteroatoms. The highest BCUT2D eigenvalue weighted by molar-refractivity contribution is 5.43. The van der Waals surface area contributed by atoms with Crippen molar-refractivity contribution in [2.45, 2.75) is 30.9 Å². The molecule has 1 saturated heterocycles. The van der Waals surface area contributed by atoms with Crippen molar-refractivity contribution in [3.8, 4) is 11.6 Å². The smallest absolute Gasteiger partial charge is 0.280 e. The number of ether oxygens (including phenoxy) is 1. The van der Waals surface area contributed by atoms with Gasteiger partial charge in [0, 0.05) is 20.2 Å². The molecule has 2 aromatic rings. The zero-order chi connectivity index (χ0) is 13.6. The fourth-order valence-corrected chi connectivity index (χ4v) is 2.54. The van der Waals surface area contributed by atoms with Crippen molar-refractivity contribution in [1.82, 2.24) is 30.5 Å². The molecule has 8 nitrogen and oxygen atoms in total. The Balaban J connectivity index is 1.59. The van der Waals surface area contributed by atoms with Gasteiger partial charge in [0.2, 0.25) is 5.82 Å². The van der Waals surface area contributed by atoms with Gasteiger partial charge < -0.3 is 14.6 Å². The van der Waals surface area contributed by atoms with Crippen LogP contribution in [-0.4, -0.2) is 45.3 Å². The Hall–Kier alpha value is -1.80. The van der Waals surface area contributed by atoms with Gasteiger partial charge in [-0.15, -0.1) is 5.10 Å². The van der Waals surface area contributed by atoms with E-state index in [9.17, 15) is 0 Å². The molecule has 20 heavy (non-hydrogen) atoms. The molecule has 3 heterocycles. The van der Waals surface area contributed by atoms with Crippen LogP contribution in [0.15, 0.2) is 10.7 Å². The van der Waals surface area contributed by atoms with Gasteiger partial charge in [-0.1, -0.05) is 10.4 Å². The van der Waals surface area contributed by atoms with Crippen LogP contribution in [0.25, 0.3) is 11.6 Å². The first kappa shape index (κ1) is 12.0. The highest BCUT2D eigenvalue weighted by Crippen LogP contribution is 2.43. The Morgan fingerprint density at radius 3 is 2.90 bits per heavy atom. The van der Waals surface area contributed by atoms with Gasteiger partial charge in [-0.3, -0.25) is 0 Å².